The van der Waals surface area contributed by atoms with Crippen LogP contribution in [0, 0.1) is 0 Å². The number of benzene rings is 2. The number of carbonyl (C=O) groups excluding carboxylic acids is 2. The van der Waals surface area contributed by atoms with Crippen LogP contribution in [-0.2, 0) is 16.1 Å². The fraction of sp³-hybridized carbons (Fsp3) is 0.364. The molecule has 1 saturated heterocycles. The van der Waals surface area contributed by atoms with Crippen LogP contribution in [0.3, 0.4) is 0 Å². The van der Waals surface area contributed by atoms with Gasteiger partial charge in [0.1, 0.15) is 0 Å². The Morgan fingerprint density at radius 1 is 0.893 bits per heavy atom. The monoisotopic (exact) mass is 380 g/mol. The topological polar surface area (TPSA) is 64.7 Å². The van der Waals surface area contributed by atoms with Gasteiger partial charge in [-0.25, -0.2) is 0 Å². The average Bonchev–Trinajstić information content (AvgIpc) is 2.70. The summed E-state index contributed by atoms with van der Waals surface area (Å²) < 4.78 is 0. The van der Waals surface area contributed by atoms with E-state index in [-0.39, 0.29) is 11.8 Å². The van der Waals surface area contributed by atoms with Crippen LogP contribution in [0.1, 0.15) is 18.9 Å². The number of piperazine rings is 1. The molecule has 0 aromatic heterocycles. The largest absolute Gasteiger partial charge is 0.385 e. The van der Waals surface area contributed by atoms with Crippen LogP contribution >= 0.6 is 0 Å². The van der Waals surface area contributed by atoms with E-state index in [4.69, 9.17) is 0 Å². The van der Waals surface area contributed by atoms with Gasteiger partial charge in [-0.15, -0.1) is 0 Å². The van der Waals surface area contributed by atoms with Gasteiger partial charge in [-0.3, -0.25) is 14.5 Å². The highest BCUT2D eigenvalue weighted by Gasteiger charge is 2.20. The van der Waals surface area contributed by atoms with Crippen LogP contribution in [0.2, 0.25) is 0 Å². The lowest BCUT2D eigenvalue weighted by Gasteiger charge is -2.34. The van der Waals surface area contributed by atoms with Crippen LogP contribution < -0.4 is 10.6 Å². The average molecular weight is 380 g/mol. The van der Waals surface area contributed by atoms with Crippen molar-refractivity contribution in [2.24, 2.45) is 0 Å². The first kappa shape index (κ1) is 19.9. The van der Waals surface area contributed by atoms with Crippen molar-refractivity contribution in [3.8, 4) is 0 Å². The van der Waals surface area contributed by atoms with E-state index in [1.54, 1.807) is 0 Å². The number of hydrogen-bond donors (Lipinski definition) is 2. The quantitative estimate of drug-likeness (QED) is 0.775. The lowest BCUT2D eigenvalue weighted by atomic mass is 10.2. The van der Waals surface area contributed by atoms with E-state index in [0.29, 0.717) is 13.0 Å². The summed E-state index contributed by atoms with van der Waals surface area (Å²) in [6.07, 6.45) is 0.478. The summed E-state index contributed by atoms with van der Waals surface area (Å²) in [7, 11) is 0. The highest BCUT2D eigenvalue weighted by molar-refractivity contribution is 5.88. The second kappa shape index (κ2) is 9.90. The Morgan fingerprint density at radius 3 is 2.18 bits per heavy atom. The molecule has 6 heteroatoms. The molecule has 6 nitrogen and oxygen atoms in total. The molecular formula is C22H28N4O2. The third kappa shape index (κ3) is 6.09. The predicted molar refractivity (Wildman–Crippen MR) is 112 cm³/mol. The van der Waals surface area contributed by atoms with Gasteiger partial charge in [0.25, 0.3) is 0 Å². The van der Waals surface area contributed by atoms with Gasteiger partial charge >= 0.3 is 0 Å². The molecule has 0 bridgehead atoms. The molecular weight excluding hydrogens is 352 g/mol. The molecule has 1 fully saturated rings. The standard InChI is InChI=1S/C22H28N4O2/c1-18(27)24-21-9-7-20(8-10-21)23-12-11-22(28)26-15-13-25(14-16-26)17-19-5-3-2-4-6-19/h2-10,23H,11-17H2,1H3,(H,24,27). The number of carbonyl (C=O) groups is 2. The van der Waals surface area contributed by atoms with Crippen molar-refractivity contribution in [2.75, 3.05) is 43.4 Å². The van der Waals surface area contributed by atoms with E-state index < -0.39 is 0 Å². The molecule has 2 amide bonds. The SMILES string of the molecule is CC(=O)Nc1ccc(NCCC(=O)N2CCN(Cc3ccccc3)CC2)cc1. The molecule has 0 radical (unpaired) electrons. The molecule has 0 aliphatic carbocycles. The van der Waals surface area contributed by atoms with Gasteiger partial charge < -0.3 is 15.5 Å². The smallest absolute Gasteiger partial charge is 0.224 e. The Morgan fingerprint density at radius 2 is 1.54 bits per heavy atom. The van der Waals surface area contributed by atoms with Gasteiger partial charge in [-0.1, -0.05) is 30.3 Å². The Hall–Kier alpha value is -2.86. The normalized spacial score (nSPS) is 14.5. The van der Waals surface area contributed by atoms with Crippen molar-refractivity contribution < 1.29 is 9.59 Å². The van der Waals surface area contributed by atoms with Gasteiger partial charge in [0.2, 0.25) is 11.8 Å². The fourth-order valence-electron chi connectivity index (χ4n) is 3.34. The third-order valence-electron chi connectivity index (χ3n) is 4.85. The highest BCUT2D eigenvalue weighted by atomic mass is 16.2. The van der Waals surface area contributed by atoms with E-state index in [1.807, 2.05) is 35.2 Å². The summed E-state index contributed by atoms with van der Waals surface area (Å²) in [6.45, 7) is 6.44. The molecule has 0 spiro atoms. The fourth-order valence-corrected chi connectivity index (χ4v) is 3.34. The first-order chi connectivity index (χ1) is 13.6. The first-order valence-corrected chi connectivity index (χ1v) is 9.76. The number of amides is 2. The second-order valence-corrected chi connectivity index (χ2v) is 7.08. The van der Waals surface area contributed by atoms with Gasteiger partial charge in [-0.2, -0.15) is 0 Å². The molecule has 0 saturated carbocycles. The summed E-state index contributed by atoms with van der Waals surface area (Å²) in [5.74, 6) is 0.108. The predicted octanol–water partition coefficient (Wildman–Crippen LogP) is 2.79. The molecule has 2 N–H and O–H groups in total. The molecule has 3 rings (SSSR count). The summed E-state index contributed by atoms with van der Waals surface area (Å²) in [5.41, 5.74) is 3.02. The van der Waals surface area contributed by atoms with Crippen molar-refractivity contribution in [2.45, 2.75) is 19.9 Å². The number of anilines is 2. The zero-order chi connectivity index (χ0) is 19.8. The molecule has 28 heavy (non-hydrogen) atoms. The minimum atomic E-state index is -0.0878. The van der Waals surface area contributed by atoms with Crippen LogP contribution in [0.4, 0.5) is 11.4 Å². The molecule has 1 heterocycles. The van der Waals surface area contributed by atoms with E-state index in [2.05, 4.69) is 39.8 Å². The van der Waals surface area contributed by atoms with E-state index in [0.717, 1.165) is 44.1 Å². The molecule has 148 valence electrons. The van der Waals surface area contributed by atoms with Gasteiger partial charge in [0.05, 0.1) is 0 Å². The number of rotatable bonds is 7. The van der Waals surface area contributed by atoms with Crippen LogP contribution in [-0.4, -0.2) is 54.3 Å². The minimum Gasteiger partial charge on any atom is -0.385 e. The number of hydrogen-bond acceptors (Lipinski definition) is 4. The van der Waals surface area contributed by atoms with Crippen molar-refractivity contribution >= 4 is 23.2 Å². The lowest BCUT2D eigenvalue weighted by Crippen LogP contribution is -2.48. The molecule has 1 aliphatic heterocycles. The molecule has 2 aromatic carbocycles. The molecule has 1 aliphatic rings. The first-order valence-electron chi connectivity index (χ1n) is 9.76. The maximum atomic E-state index is 12.4. The van der Waals surface area contributed by atoms with Gasteiger partial charge in [0.15, 0.2) is 0 Å². The van der Waals surface area contributed by atoms with Gasteiger partial charge in [-0.05, 0) is 29.8 Å². The summed E-state index contributed by atoms with van der Waals surface area (Å²) >= 11 is 0. The van der Waals surface area contributed by atoms with Crippen molar-refractivity contribution in [3.63, 3.8) is 0 Å². The Kier molecular flexibility index (Phi) is 7.03. The Labute approximate surface area is 166 Å². The van der Waals surface area contributed by atoms with Crippen LogP contribution in [0.25, 0.3) is 0 Å². The maximum Gasteiger partial charge on any atom is 0.224 e. The highest BCUT2D eigenvalue weighted by Crippen LogP contribution is 2.14. The third-order valence-corrected chi connectivity index (χ3v) is 4.85. The zero-order valence-corrected chi connectivity index (χ0v) is 16.4. The molecule has 2 aromatic rings. The van der Waals surface area contributed by atoms with Crippen LogP contribution in [0.5, 0.6) is 0 Å². The number of nitrogens with one attached hydrogen (secondary N) is 2. The Bertz CT molecular complexity index is 769. The van der Waals surface area contributed by atoms with Crippen molar-refractivity contribution in [1.82, 2.24) is 9.80 Å². The molecule has 0 atom stereocenters. The minimum absolute atomic E-state index is 0.0878. The lowest BCUT2D eigenvalue weighted by molar-refractivity contribution is -0.132. The van der Waals surface area contributed by atoms with Crippen molar-refractivity contribution in [1.29, 1.82) is 0 Å². The van der Waals surface area contributed by atoms with Gasteiger partial charge in [0, 0.05) is 64.0 Å². The van der Waals surface area contributed by atoms with E-state index in [9.17, 15) is 9.59 Å². The summed E-state index contributed by atoms with van der Waals surface area (Å²) in [4.78, 5) is 27.8. The molecule has 0 unspecified atom stereocenters. The van der Waals surface area contributed by atoms with E-state index in [1.165, 1.54) is 12.5 Å². The number of nitrogens with zero attached hydrogens (tertiary/aromatic N) is 2. The zero-order valence-electron chi connectivity index (χ0n) is 16.4. The second-order valence-electron chi connectivity index (χ2n) is 7.08. The van der Waals surface area contributed by atoms with Crippen LogP contribution in [0.15, 0.2) is 54.6 Å². The van der Waals surface area contributed by atoms with E-state index >= 15 is 0 Å². The summed E-state index contributed by atoms with van der Waals surface area (Å²) in [5, 5.41) is 6.00. The summed E-state index contributed by atoms with van der Waals surface area (Å²) in [6, 6.07) is 17.9. The Balaban J connectivity index is 1.36. The van der Waals surface area contributed by atoms with Crippen molar-refractivity contribution in [3.05, 3.63) is 60.2 Å². The maximum absolute atomic E-state index is 12.4.